The van der Waals surface area contributed by atoms with Gasteiger partial charge in [0.05, 0.1) is 11.5 Å². The second kappa shape index (κ2) is 8.70. The van der Waals surface area contributed by atoms with Gasteiger partial charge < -0.3 is 10.1 Å². The normalized spacial score (nSPS) is 13.8. The van der Waals surface area contributed by atoms with E-state index in [1.54, 1.807) is 13.2 Å². The molecule has 0 spiro atoms. The molecular weight excluding hydrogens is 312 g/mol. The summed E-state index contributed by atoms with van der Waals surface area (Å²) >= 11 is 0. The fourth-order valence-corrected chi connectivity index (χ4v) is 3.45. The molecule has 0 aromatic heterocycles. The van der Waals surface area contributed by atoms with Crippen molar-refractivity contribution in [1.29, 1.82) is 0 Å². The first-order valence-electron chi connectivity index (χ1n) is 6.94. The minimum absolute atomic E-state index is 0. The minimum Gasteiger partial charge on any atom is -0.383 e. The van der Waals surface area contributed by atoms with Crippen LogP contribution < -0.4 is 10.0 Å². The Hall–Kier alpha value is -0.660. The Bertz CT molecular complexity index is 549. The van der Waals surface area contributed by atoms with E-state index in [1.807, 2.05) is 12.1 Å². The number of ether oxygens (including phenoxy) is 1. The van der Waals surface area contributed by atoms with Crippen LogP contribution in [-0.4, -0.2) is 41.8 Å². The van der Waals surface area contributed by atoms with E-state index in [0.29, 0.717) is 24.6 Å². The molecular formula is C14H23ClN2O3S. The summed E-state index contributed by atoms with van der Waals surface area (Å²) in [4.78, 5) is 0.370. The third kappa shape index (κ3) is 5.23. The van der Waals surface area contributed by atoms with Crippen molar-refractivity contribution >= 4 is 22.4 Å². The van der Waals surface area contributed by atoms with Gasteiger partial charge in [-0.05, 0) is 42.5 Å². The summed E-state index contributed by atoms with van der Waals surface area (Å²) in [6, 6.07) is 5.45. The summed E-state index contributed by atoms with van der Waals surface area (Å²) in [6.07, 6.45) is 3.17. The van der Waals surface area contributed by atoms with Gasteiger partial charge in [0.25, 0.3) is 0 Å². The van der Waals surface area contributed by atoms with Crippen molar-refractivity contribution in [3.8, 4) is 0 Å². The molecule has 0 bridgehead atoms. The number of halogens is 1. The number of benzene rings is 1. The summed E-state index contributed by atoms with van der Waals surface area (Å²) < 4.78 is 31.8. The van der Waals surface area contributed by atoms with Gasteiger partial charge in [0.1, 0.15) is 0 Å². The molecule has 0 fully saturated rings. The van der Waals surface area contributed by atoms with E-state index in [0.717, 1.165) is 25.8 Å². The fourth-order valence-electron chi connectivity index (χ4n) is 2.37. The van der Waals surface area contributed by atoms with E-state index in [1.165, 1.54) is 11.1 Å². The van der Waals surface area contributed by atoms with Gasteiger partial charge in [-0.25, -0.2) is 13.1 Å². The first-order valence-corrected chi connectivity index (χ1v) is 8.43. The summed E-state index contributed by atoms with van der Waals surface area (Å²) in [5, 5.41) is 3.10. The lowest BCUT2D eigenvalue weighted by atomic mass is 10.1. The molecule has 0 aliphatic heterocycles. The van der Waals surface area contributed by atoms with Crippen LogP contribution in [0.15, 0.2) is 23.1 Å². The number of fused-ring (bicyclic) bond motifs is 1. The van der Waals surface area contributed by atoms with Gasteiger partial charge in [-0.1, -0.05) is 6.07 Å². The molecule has 0 amide bonds. The van der Waals surface area contributed by atoms with Crippen LogP contribution >= 0.6 is 12.4 Å². The molecule has 1 aromatic rings. The Kier molecular flexibility index (Phi) is 7.62. The molecule has 2 rings (SSSR count). The molecule has 1 aromatic carbocycles. The number of methoxy groups -OCH3 is 1. The quantitative estimate of drug-likeness (QED) is 0.699. The molecule has 0 saturated heterocycles. The summed E-state index contributed by atoms with van der Waals surface area (Å²) in [7, 11) is -1.76. The zero-order valence-electron chi connectivity index (χ0n) is 12.2. The third-order valence-electron chi connectivity index (χ3n) is 3.46. The lowest BCUT2D eigenvalue weighted by Crippen LogP contribution is -2.33. The van der Waals surface area contributed by atoms with Crippen LogP contribution in [0.5, 0.6) is 0 Å². The van der Waals surface area contributed by atoms with E-state index in [-0.39, 0.29) is 12.4 Å². The first-order chi connectivity index (χ1) is 9.63. The SMILES string of the molecule is COCCNCCNS(=O)(=O)c1ccc2c(c1)CCC2.Cl. The Balaban J connectivity index is 0.00000220. The van der Waals surface area contributed by atoms with Gasteiger partial charge in [-0.3, -0.25) is 0 Å². The largest absolute Gasteiger partial charge is 0.383 e. The van der Waals surface area contributed by atoms with Crippen molar-refractivity contribution in [3.05, 3.63) is 29.3 Å². The highest BCUT2D eigenvalue weighted by atomic mass is 35.5. The van der Waals surface area contributed by atoms with Crippen LogP contribution in [0, 0.1) is 0 Å². The van der Waals surface area contributed by atoms with Gasteiger partial charge in [-0.2, -0.15) is 0 Å². The maximum absolute atomic E-state index is 12.2. The Morgan fingerprint density at radius 3 is 2.67 bits per heavy atom. The molecule has 1 aliphatic rings. The highest BCUT2D eigenvalue weighted by molar-refractivity contribution is 7.89. The average molecular weight is 335 g/mol. The van der Waals surface area contributed by atoms with Gasteiger partial charge in [0.15, 0.2) is 0 Å². The third-order valence-corrected chi connectivity index (χ3v) is 4.92. The zero-order valence-corrected chi connectivity index (χ0v) is 13.9. The highest BCUT2D eigenvalue weighted by Gasteiger charge is 2.17. The number of aryl methyl sites for hydroxylation is 2. The smallest absolute Gasteiger partial charge is 0.240 e. The van der Waals surface area contributed by atoms with Gasteiger partial charge in [-0.15, -0.1) is 12.4 Å². The minimum atomic E-state index is -3.40. The second-order valence-corrected chi connectivity index (χ2v) is 6.69. The molecule has 7 heteroatoms. The van der Waals surface area contributed by atoms with Crippen molar-refractivity contribution in [1.82, 2.24) is 10.0 Å². The predicted octanol–water partition coefficient (Wildman–Crippen LogP) is 1.11. The van der Waals surface area contributed by atoms with Gasteiger partial charge >= 0.3 is 0 Å². The van der Waals surface area contributed by atoms with Gasteiger partial charge in [0.2, 0.25) is 10.0 Å². The molecule has 0 heterocycles. The summed E-state index contributed by atoms with van der Waals surface area (Å²) in [5.41, 5.74) is 2.45. The highest BCUT2D eigenvalue weighted by Crippen LogP contribution is 2.24. The number of hydrogen-bond donors (Lipinski definition) is 2. The first kappa shape index (κ1) is 18.4. The molecule has 0 saturated carbocycles. The standard InChI is InChI=1S/C14H22N2O3S.ClH/c1-19-10-9-15-7-8-16-20(17,18)14-6-5-12-3-2-4-13(12)11-14;/h5-6,11,15-16H,2-4,7-10H2,1H3;1H. The van der Waals surface area contributed by atoms with Crippen molar-refractivity contribution in [3.63, 3.8) is 0 Å². The van der Waals surface area contributed by atoms with E-state index >= 15 is 0 Å². The molecule has 0 atom stereocenters. The zero-order chi connectivity index (χ0) is 14.4. The van der Waals surface area contributed by atoms with E-state index in [4.69, 9.17) is 4.74 Å². The van der Waals surface area contributed by atoms with Crippen LogP contribution in [0.1, 0.15) is 17.5 Å². The van der Waals surface area contributed by atoms with E-state index in [2.05, 4.69) is 10.0 Å². The van der Waals surface area contributed by atoms with Crippen molar-refractivity contribution < 1.29 is 13.2 Å². The number of sulfonamides is 1. The van der Waals surface area contributed by atoms with E-state index in [9.17, 15) is 8.42 Å². The molecule has 1 aliphatic carbocycles. The second-order valence-electron chi connectivity index (χ2n) is 4.92. The lowest BCUT2D eigenvalue weighted by Gasteiger charge is -2.09. The molecule has 0 radical (unpaired) electrons. The molecule has 120 valence electrons. The summed E-state index contributed by atoms with van der Waals surface area (Å²) in [5.74, 6) is 0. The maximum atomic E-state index is 12.2. The van der Waals surface area contributed by atoms with Gasteiger partial charge in [0, 0.05) is 26.7 Å². The topological polar surface area (TPSA) is 67.4 Å². The van der Waals surface area contributed by atoms with Crippen LogP contribution in [0.4, 0.5) is 0 Å². The van der Waals surface area contributed by atoms with Crippen LogP contribution in [0.2, 0.25) is 0 Å². The molecule has 21 heavy (non-hydrogen) atoms. The molecule has 0 unspecified atom stereocenters. The summed E-state index contributed by atoms with van der Waals surface area (Å²) in [6.45, 7) is 2.31. The van der Waals surface area contributed by atoms with Crippen molar-refractivity contribution in [2.75, 3.05) is 33.4 Å². The number of rotatable bonds is 8. The monoisotopic (exact) mass is 334 g/mol. The van der Waals surface area contributed by atoms with Crippen molar-refractivity contribution in [2.45, 2.75) is 24.2 Å². The number of hydrogen-bond acceptors (Lipinski definition) is 4. The van der Waals surface area contributed by atoms with Crippen molar-refractivity contribution in [2.24, 2.45) is 0 Å². The number of nitrogens with one attached hydrogen (secondary N) is 2. The van der Waals surface area contributed by atoms with Crippen LogP contribution in [0.3, 0.4) is 0 Å². The fraction of sp³-hybridized carbons (Fsp3) is 0.571. The lowest BCUT2D eigenvalue weighted by molar-refractivity contribution is 0.199. The van der Waals surface area contributed by atoms with E-state index < -0.39 is 10.0 Å². The van der Waals surface area contributed by atoms with Crippen LogP contribution in [-0.2, 0) is 27.6 Å². The Morgan fingerprint density at radius 1 is 1.14 bits per heavy atom. The average Bonchev–Trinajstić information content (AvgIpc) is 2.90. The maximum Gasteiger partial charge on any atom is 0.240 e. The Morgan fingerprint density at radius 2 is 1.90 bits per heavy atom. The molecule has 5 nitrogen and oxygen atoms in total. The van der Waals surface area contributed by atoms with Crippen LogP contribution in [0.25, 0.3) is 0 Å². The predicted molar refractivity (Wildman–Crippen MR) is 85.6 cm³/mol. The Labute approximate surface area is 132 Å². The molecule has 2 N–H and O–H groups in total.